The molecule has 2 aromatic rings. The van der Waals surface area contributed by atoms with E-state index in [1.807, 2.05) is 0 Å². The molecule has 176 valence electrons. The number of nitro groups is 2. The van der Waals surface area contributed by atoms with Gasteiger partial charge in [-0.25, -0.2) is 0 Å². The van der Waals surface area contributed by atoms with Gasteiger partial charge in [0, 0.05) is 30.7 Å². The number of carboxylic acid groups (broad SMARTS) is 2. The number of carbonyl (C=O) groups is 2. The second-order valence-electron chi connectivity index (χ2n) is 6.07. The Balaban J connectivity index is 0.000000517. The van der Waals surface area contributed by atoms with Crippen LogP contribution in [0.4, 0.5) is 11.4 Å². The van der Waals surface area contributed by atoms with E-state index in [2.05, 4.69) is 11.5 Å². The monoisotopic (exact) mass is 460 g/mol. The Hall–Kier alpha value is -4.42. The lowest BCUT2D eigenvalue weighted by atomic mass is 10.2. The maximum atomic E-state index is 10.3. The first-order valence-corrected chi connectivity index (χ1v) is 9.46. The largest absolute Gasteiger partial charge is 0.545 e. The Morgan fingerprint density at radius 3 is 1.36 bits per heavy atom. The van der Waals surface area contributed by atoms with Crippen molar-refractivity contribution in [3.05, 3.63) is 92.0 Å². The number of benzene rings is 2. The number of non-ortho nitro benzene ring substituents is 2. The highest BCUT2D eigenvalue weighted by atomic mass is 16.6. The molecular weight excluding hydrogens is 436 g/mol. The number of nitro benzene ring substituents is 2. The normalized spacial score (nSPS) is 10.0. The molecule has 0 aliphatic rings. The van der Waals surface area contributed by atoms with Crippen LogP contribution in [-0.4, -0.2) is 34.9 Å². The summed E-state index contributed by atoms with van der Waals surface area (Å²) in [5.41, 5.74) is 8.01. The van der Waals surface area contributed by atoms with Crippen LogP contribution in [0.5, 0.6) is 0 Å². The Morgan fingerprint density at radius 2 is 1.12 bits per heavy atom. The van der Waals surface area contributed by atoms with E-state index in [-0.39, 0.29) is 11.4 Å². The number of hydrogen-bond acceptors (Lipinski definition) is 8. The van der Waals surface area contributed by atoms with Gasteiger partial charge < -0.3 is 31.3 Å². The minimum Gasteiger partial charge on any atom is -0.545 e. The van der Waals surface area contributed by atoms with Crippen molar-refractivity contribution >= 4 is 35.5 Å². The minimum atomic E-state index is -1.34. The molecule has 6 N–H and O–H groups in total. The van der Waals surface area contributed by atoms with E-state index in [0.717, 1.165) is 25.2 Å². The van der Waals surface area contributed by atoms with Crippen LogP contribution < -0.4 is 21.7 Å². The van der Waals surface area contributed by atoms with Crippen LogP contribution in [0.15, 0.2) is 60.7 Å². The highest BCUT2D eigenvalue weighted by Gasteiger charge is 2.04. The smallest absolute Gasteiger partial charge is 0.270 e. The summed E-state index contributed by atoms with van der Waals surface area (Å²) in [4.78, 5) is 39.7. The molecule has 0 aliphatic carbocycles. The zero-order valence-electron chi connectivity index (χ0n) is 17.6. The zero-order valence-corrected chi connectivity index (χ0v) is 17.6. The lowest BCUT2D eigenvalue weighted by Gasteiger charge is -1.94. The number of hydrogen-bond donors (Lipinski definition) is 2. The molecule has 0 aromatic heterocycles. The van der Waals surface area contributed by atoms with E-state index in [9.17, 15) is 40.0 Å². The quantitative estimate of drug-likeness (QED) is 0.269. The third-order valence-corrected chi connectivity index (χ3v) is 3.49. The second kappa shape index (κ2) is 16.3. The van der Waals surface area contributed by atoms with E-state index in [1.165, 1.54) is 55.0 Å². The third kappa shape index (κ3) is 14.3. The fourth-order valence-corrected chi connectivity index (χ4v) is 1.99. The van der Waals surface area contributed by atoms with Crippen molar-refractivity contribution in [2.24, 2.45) is 0 Å². The molecule has 0 fully saturated rings. The molecule has 2 rings (SSSR count). The van der Waals surface area contributed by atoms with Crippen molar-refractivity contribution in [1.29, 1.82) is 0 Å². The van der Waals surface area contributed by atoms with Crippen molar-refractivity contribution in [1.82, 2.24) is 0 Å². The average molecular weight is 460 g/mol. The average Bonchev–Trinajstić information content (AvgIpc) is 2.78. The van der Waals surface area contributed by atoms with Crippen LogP contribution in [-0.2, 0) is 9.59 Å². The predicted octanol–water partition coefficient (Wildman–Crippen LogP) is -1.42. The first-order chi connectivity index (χ1) is 15.6. The van der Waals surface area contributed by atoms with Crippen LogP contribution in [0.2, 0.25) is 0 Å². The lowest BCUT2D eigenvalue weighted by molar-refractivity contribution is -0.404. The molecule has 33 heavy (non-hydrogen) atoms. The molecule has 0 bridgehead atoms. The summed E-state index contributed by atoms with van der Waals surface area (Å²) >= 11 is 0. The maximum Gasteiger partial charge on any atom is 0.270 e. The molecule has 0 radical (unpaired) electrons. The number of quaternary nitrogens is 2. The second-order valence-corrected chi connectivity index (χ2v) is 6.07. The third-order valence-electron chi connectivity index (χ3n) is 3.49. The van der Waals surface area contributed by atoms with Crippen molar-refractivity contribution < 1.29 is 41.1 Å². The molecule has 12 heteroatoms. The Kier molecular flexibility index (Phi) is 14.1. The topological polar surface area (TPSA) is 222 Å². The standard InChI is InChI=1S/2C9H7NO4.C3H10N2/c2*11-9(12)5-4-7-2-1-3-8(6-7)10(13)14;4-2-1-3-5/h2*1-6H,(H,11,12);1-5H2/b2*5-4+;. The number of nitrogens with zero attached hydrogens (tertiary/aromatic N) is 2. The summed E-state index contributed by atoms with van der Waals surface area (Å²) in [5.74, 6) is -2.67. The number of carboxylic acids is 2. The zero-order chi connectivity index (χ0) is 25.2. The molecule has 0 heterocycles. The van der Waals surface area contributed by atoms with Gasteiger partial charge in [0.25, 0.3) is 11.4 Å². The van der Waals surface area contributed by atoms with Crippen LogP contribution >= 0.6 is 0 Å². The van der Waals surface area contributed by atoms with Gasteiger partial charge in [0.15, 0.2) is 0 Å². The van der Waals surface area contributed by atoms with Gasteiger partial charge in [-0.05, 0) is 23.3 Å². The molecular formula is C21H24N4O8. The summed E-state index contributed by atoms with van der Waals surface area (Å²) in [6.45, 7) is 2.06. The molecule has 0 spiro atoms. The van der Waals surface area contributed by atoms with Gasteiger partial charge in [0.1, 0.15) is 0 Å². The van der Waals surface area contributed by atoms with E-state index < -0.39 is 21.8 Å². The lowest BCUT2D eigenvalue weighted by Crippen LogP contribution is -2.56. The summed E-state index contributed by atoms with van der Waals surface area (Å²) < 4.78 is 0. The number of rotatable bonds is 8. The van der Waals surface area contributed by atoms with Gasteiger partial charge in [-0.1, -0.05) is 36.4 Å². The SMILES string of the molecule is O=C([O-])/C=C/c1cccc([N+](=O)[O-])c1.O=C([O-])/C=C/c1cccc([N+](=O)[O-])c1.[NH3+]CCC[NH3+]. The Morgan fingerprint density at radius 1 is 0.758 bits per heavy atom. The van der Waals surface area contributed by atoms with Crippen molar-refractivity contribution in [3.8, 4) is 0 Å². The van der Waals surface area contributed by atoms with Crippen LogP contribution in [0.1, 0.15) is 17.5 Å². The Bertz CT molecular complexity index is 926. The summed E-state index contributed by atoms with van der Waals surface area (Å²) in [7, 11) is 0. The van der Waals surface area contributed by atoms with Crippen LogP contribution in [0.3, 0.4) is 0 Å². The van der Waals surface area contributed by atoms with Gasteiger partial charge in [0.05, 0.1) is 34.9 Å². The number of carbonyl (C=O) groups excluding carboxylic acids is 2. The van der Waals surface area contributed by atoms with Crippen molar-refractivity contribution in [3.63, 3.8) is 0 Å². The van der Waals surface area contributed by atoms with Crippen LogP contribution in [0, 0.1) is 20.2 Å². The first-order valence-electron chi connectivity index (χ1n) is 9.46. The molecule has 0 aliphatic heterocycles. The fourth-order valence-electron chi connectivity index (χ4n) is 1.99. The highest BCUT2D eigenvalue weighted by Crippen LogP contribution is 2.14. The molecule has 0 atom stereocenters. The minimum absolute atomic E-state index is 0.0782. The van der Waals surface area contributed by atoms with E-state index in [1.54, 1.807) is 12.1 Å². The highest BCUT2D eigenvalue weighted by molar-refractivity contribution is 5.84. The molecule has 0 unspecified atom stereocenters. The molecule has 12 nitrogen and oxygen atoms in total. The molecule has 0 amide bonds. The van der Waals surface area contributed by atoms with E-state index >= 15 is 0 Å². The fraction of sp³-hybridized carbons (Fsp3) is 0.143. The Labute approximate surface area is 188 Å². The van der Waals surface area contributed by atoms with Crippen LogP contribution in [0.25, 0.3) is 12.2 Å². The molecule has 0 saturated heterocycles. The molecule has 0 saturated carbocycles. The maximum absolute atomic E-state index is 10.3. The predicted molar refractivity (Wildman–Crippen MR) is 114 cm³/mol. The van der Waals surface area contributed by atoms with Crippen molar-refractivity contribution in [2.45, 2.75) is 6.42 Å². The van der Waals surface area contributed by atoms with E-state index in [4.69, 9.17) is 0 Å². The van der Waals surface area contributed by atoms with Gasteiger partial charge in [-0.3, -0.25) is 20.2 Å². The van der Waals surface area contributed by atoms with Gasteiger partial charge in [-0.15, -0.1) is 0 Å². The van der Waals surface area contributed by atoms with Crippen molar-refractivity contribution in [2.75, 3.05) is 13.1 Å². The summed E-state index contributed by atoms with van der Waals surface area (Å²) in [6, 6.07) is 11.3. The van der Waals surface area contributed by atoms with Gasteiger partial charge >= 0.3 is 0 Å². The van der Waals surface area contributed by atoms with Gasteiger partial charge in [-0.2, -0.15) is 0 Å². The number of aliphatic carboxylic acids is 2. The van der Waals surface area contributed by atoms with E-state index in [0.29, 0.717) is 11.1 Å². The molecule has 2 aromatic carbocycles. The van der Waals surface area contributed by atoms with Gasteiger partial charge in [0.2, 0.25) is 0 Å². The summed E-state index contributed by atoms with van der Waals surface area (Å²) in [6.07, 6.45) is 5.28. The summed E-state index contributed by atoms with van der Waals surface area (Å²) in [5, 5.41) is 40.8. The first kappa shape index (κ1) is 28.6.